The van der Waals surface area contributed by atoms with Crippen LogP contribution >= 0.6 is 0 Å². The van der Waals surface area contributed by atoms with E-state index < -0.39 is 0 Å². The van der Waals surface area contributed by atoms with Crippen molar-refractivity contribution in [3.8, 4) is 0 Å². The molecule has 1 heterocycles. The van der Waals surface area contributed by atoms with Crippen LogP contribution in [-0.4, -0.2) is 22.9 Å². The monoisotopic (exact) mass is 193 g/mol. The maximum atomic E-state index is 4.25. The molecule has 0 aromatic carbocycles. The molecule has 0 aliphatic heterocycles. The number of hydrogen-bond donors (Lipinski definition) is 1. The Labute approximate surface area is 85.8 Å². The molecule has 1 atom stereocenters. The van der Waals surface area contributed by atoms with E-state index in [2.05, 4.69) is 36.4 Å². The number of hydrogen-bond acceptors (Lipinski definition) is 2. The third-order valence-electron chi connectivity index (χ3n) is 2.20. The van der Waals surface area contributed by atoms with E-state index in [1.807, 2.05) is 24.0 Å². The SMILES string of the molecule is CCCn1nccc1/C=C/C(C)NC. The zero-order chi connectivity index (χ0) is 10.4. The van der Waals surface area contributed by atoms with Crippen molar-refractivity contribution in [1.29, 1.82) is 0 Å². The smallest absolute Gasteiger partial charge is 0.0607 e. The second-order valence-electron chi connectivity index (χ2n) is 3.42. The summed E-state index contributed by atoms with van der Waals surface area (Å²) in [7, 11) is 1.96. The Morgan fingerprint density at radius 1 is 1.64 bits per heavy atom. The Balaban J connectivity index is 2.65. The Kier molecular flexibility index (Phi) is 4.40. The van der Waals surface area contributed by atoms with Crippen molar-refractivity contribution in [2.45, 2.75) is 32.9 Å². The van der Waals surface area contributed by atoms with Gasteiger partial charge in [0.05, 0.1) is 5.69 Å². The van der Waals surface area contributed by atoms with Gasteiger partial charge in [0.25, 0.3) is 0 Å². The molecule has 1 aromatic rings. The van der Waals surface area contributed by atoms with Crippen molar-refractivity contribution in [2.75, 3.05) is 7.05 Å². The molecule has 0 amide bonds. The third-order valence-corrected chi connectivity index (χ3v) is 2.20. The first-order valence-corrected chi connectivity index (χ1v) is 5.15. The number of nitrogens with zero attached hydrogens (tertiary/aromatic N) is 2. The van der Waals surface area contributed by atoms with Gasteiger partial charge in [0.15, 0.2) is 0 Å². The first-order chi connectivity index (χ1) is 6.77. The maximum absolute atomic E-state index is 4.25. The zero-order valence-corrected chi connectivity index (χ0v) is 9.20. The summed E-state index contributed by atoms with van der Waals surface area (Å²) in [6.45, 7) is 5.27. The lowest BCUT2D eigenvalue weighted by atomic mass is 10.2. The molecule has 0 spiro atoms. The average Bonchev–Trinajstić information content (AvgIpc) is 2.62. The Morgan fingerprint density at radius 3 is 3.07 bits per heavy atom. The molecule has 0 radical (unpaired) electrons. The van der Waals surface area contributed by atoms with Gasteiger partial charge in [0.2, 0.25) is 0 Å². The lowest BCUT2D eigenvalue weighted by molar-refractivity contribution is 0.597. The summed E-state index contributed by atoms with van der Waals surface area (Å²) < 4.78 is 2.03. The molecule has 0 aliphatic rings. The largest absolute Gasteiger partial charge is 0.314 e. The van der Waals surface area contributed by atoms with Gasteiger partial charge in [0.1, 0.15) is 0 Å². The van der Waals surface area contributed by atoms with Crippen LogP contribution in [0, 0.1) is 0 Å². The second kappa shape index (κ2) is 5.60. The van der Waals surface area contributed by atoms with Gasteiger partial charge in [-0.1, -0.05) is 13.0 Å². The van der Waals surface area contributed by atoms with Gasteiger partial charge >= 0.3 is 0 Å². The van der Waals surface area contributed by atoms with Gasteiger partial charge in [-0.3, -0.25) is 4.68 Å². The van der Waals surface area contributed by atoms with Gasteiger partial charge in [0, 0.05) is 18.8 Å². The van der Waals surface area contributed by atoms with Crippen molar-refractivity contribution in [3.05, 3.63) is 24.0 Å². The van der Waals surface area contributed by atoms with E-state index in [4.69, 9.17) is 0 Å². The summed E-state index contributed by atoms with van der Waals surface area (Å²) in [6, 6.07) is 2.44. The first kappa shape index (κ1) is 11.0. The third kappa shape index (κ3) is 3.00. The molecule has 0 saturated heterocycles. The molecule has 78 valence electrons. The number of likely N-dealkylation sites (N-methyl/N-ethyl adjacent to an activating group) is 1. The van der Waals surface area contributed by atoms with Gasteiger partial charge in [-0.15, -0.1) is 0 Å². The van der Waals surface area contributed by atoms with Crippen molar-refractivity contribution in [3.63, 3.8) is 0 Å². The molecule has 0 bridgehead atoms. The summed E-state index contributed by atoms with van der Waals surface area (Å²) in [5.41, 5.74) is 1.17. The summed E-state index contributed by atoms with van der Waals surface area (Å²) in [5.74, 6) is 0. The number of aromatic nitrogens is 2. The van der Waals surface area contributed by atoms with Crippen molar-refractivity contribution in [2.24, 2.45) is 0 Å². The minimum Gasteiger partial charge on any atom is -0.314 e. The molecule has 1 aromatic heterocycles. The summed E-state index contributed by atoms with van der Waals surface area (Å²) in [5, 5.41) is 7.42. The van der Waals surface area contributed by atoms with Crippen LogP contribution in [-0.2, 0) is 6.54 Å². The van der Waals surface area contributed by atoms with E-state index >= 15 is 0 Å². The van der Waals surface area contributed by atoms with Crippen LogP contribution in [0.2, 0.25) is 0 Å². The first-order valence-electron chi connectivity index (χ1n) is 5.15. The molecule has 1 rings (SSSR count). The predicted molar refractivity (Wildman–Crippen MR) is 60.1 cm³/mol. The molecule has 14 heavy (non-hydrogen) atoms. The fourth-order valence-electron chi connectivity index (χ4n) is 1.22. The minimum atomic E-state index is 0.403. The molecular formula is C11H19N3. The Morgan fingerprint density at radius 2 is 2.43 bits per heavy atom. The standard InChI is InChI=1S/C11H19N3/c1-4-9-14-11(7-8-13-14)6-5-10(2)12-3/h5-8,10,12H,4,9H2,1-3H3/b6-5+. The molecule has 0 saturated carbocycles. The highest BCUT2D eigenvalue weighted by Gasteiger charge is 1.97. The van der Waals surface area contributed by atoms with Gasteiger partial charge < -0.3 is 5.32 Å². The number of rotatable bonds is 5. The molecule has 3 heteroatoms. The highest BCUT2D eigenvalue weighted by atomic mass is 15.3. The van der Waals surface area contributed by atoms with Crippen LogP contribution in [0.3, 0.4) is 0 Å². The van der Waals surface area contributed by atoms with Crippen LogP contribution < -0.4 is 5.32 Å². The normalized spacial score (nSPS) is 13.6. The molecular weight excluding hydrogens is 174 g/mol. The van der Waals surface area contributed by atoms with Gasteiger partial charge in [-0.2, -0.15) is 5.10 Å². The number of nitrogens with one attached hydrogen (secondary N) is 1. The summed E-state index contributed by atoms with van der Waals surface area (Å²) in [4.78, 5) is 0. The van der Waals surface area contributed by atoms with Gasteiger partial charge in [-0.05, 0) is 32.5 Å². The second-order valence-corrected chi connectivity index (χ2v) is 3.42. The molecule has 1 unspecified atom stereocenters. The highest BCUT2D eigenvalue weighted by molar-refractivity contribution is 5.45. The van der Waals surface area contributed by atoms with E-state index in [-0.39, 0.29) is 0 Å². The van der Waals surface area contributed by atoms with Gasteiger partial charge in [-0.25, -0.2) is 0 Å². The van der Waals surface area contributed by atoms with E-state index in [9.17, 15) is 0 Å². The fourth-order valence-corrected chi connectivity index (χ4v) is 1.22. The number of aryl methyl sites for hydroxylation is 1. The Hall–Kier alpha value is -1.09. The van der Waals surface area contributed by atoms with Crippen LogP contribution in [0.1, 0.15) is 26.0 Å². The van der Waals surface area contributed by atoms with E-state index in [1.165, 1.54) is 5.69 Å². The van der Waals surface area contributed by atoms with Crippen LogP contribution in [0.25, 0.3) is 6.08 Å². The zero-order valence-electron chi connectivity index (χ0n) is 9.20. The lowest BCUT2D eigenvalue weighted by Gasteiger charge is -2.04. The van der Waals surface area contributed by atoms with Crippen LogP contribution in [0.4, 0.5) is 0 Å². The van der Waals surface area contributed by atoms with E-state index in [0.29, 0.717) is 6.04 Å². The fraction of sp³-hybridized carbons (Fsp3) is 0.545. The molecule has 0 aliphatic carbocycles. The van der Waals surface area contributed by atoms with Crippen molar-refractivity contribution >= 4 is 6.08 Å². The summed E-state index contributed by atoms with van der Waals surface area (Å²) in [6.07, 6.45) is 7.22. The quantitative estimate of drug-likeness (QED) is 0.774. The highest BCUT2D eigenvalue weighted by Crippen LogP contribution is 2.03. The predicted octanol–water partition coefficient (Wildman–Crippen LogP) is 1.91. The average molecular weight is 193 g/mol. The minimum absolute atomic E-state index is 0.403. The topological polar surface area (TPSA) is 29.9 Å². The lowest BCUT2D eigenvalue weighted by Crippen LogP contribution is -2.17. The molecule has 0 fully saturated rings. The van der Waals surface area contributed by atoms with Crippen LogP contribution in [0.15, 0.2) is 18.3 Å². The molecule has 1 N–H and O–H groups in total. The molecule has 3 nitrogen and oxygen atoms in total. The van der Waals surface area contributed by atoms with Crippen molar-refractivity contribution < 1.29 is 0 Å². The van der Waals surface area contributed by atoms with Crippen LogP contribution in [0.5, 0.6) is 0 Å². The maximum Gasteiger partial charge on any atom is 0.0607 e. The van der Waals surface area contributed by atoms with E-state index in [1.54, 1.807) is 0 Å². The summed E-state index contributed by atoms with van der Waals surface area (Å²) >= 11 is 0. The Bertz CT molecular complexity index is 288. The van der Waals surface area contributed by atoms with E-state index in [0.717, 1.165) is 13.0 Å². The van der Waals surface area contributed by atoms with Crippen molar-refractivity contribution in [1.82, 2.24) is 15.1 Å².